The normalized spacial score (nSPS) is 17.1. The summed E-state index contributed by atoms with van der Waals surface area (Å²) in [5.41, 5.74) is 2.13. The van der Waals surface area contributed by atoms with Gasteiger partial charge in [0.15, 0.2) is 5.84 Å². The van der Waals surface area contributed by atoms with Crippen LogP contribution in [0.25, 0.3) is 17.0 Å². The summed E-state index contributed by atoms with van der Waals surface area (Å²) in [7, 11) is 0. The fourth-order valence-corrected chi connectivity index (χ4v) is 4.64. The van der Waals surface area contributed by atoms with E-state index in [0.29, 0.717) is 18.3 Å². The molecule has 0 radical (unpaired) electrons. The zero-order chi connectivity index (χ0) is 22.9. The van der Waals surface area contributed by atoms with Crippen LogP contribution in [0.15, 0.2) is 76.5 Å². The Morgan fingerprint density at radius 2 is 1.88 bits per heavy atom. The number of fused-ring (bicyclic) bond motifs is 2. The Balaban J connectivity index is 1.44. The first-order valence-electron chi connectivity index (χ1n) is 10.8. The number of thioether (sulfide) groups is 1. The number of para-hydroxylation sites is 2. The second kappa shape index (κ2) is 8.71. The van der Waals surface area contributed by atoms with Crippen molar-refractivity contribution < 1.29 is 9.53 Å². The Bertz CT molecular complexity index is 1340. The predicted molar refractivity (Wildman–Crippen MR) is 134 cm³/mol. The second-order valence-corrected chi connectivity index (χ2v) is 9.06. The molecule has 3 aromatic rings. The number of rotatable bonds is 6. The lowest BCUT2D eigenvalue weighted by Crippen LogP contribution is -2.35. The van der Waals surface area contributed by atoms with Gasteiger partial charge >= 0.3 is 0 Å². The number of hydrogen-bond donors (Lipinski definition) is 1. The van der Waals surface area contributed by atoms with Gasteiger partial charge in [-0.25, -0.2) is 0 Å². The van der Waals surface area contributed by atoms with Crippen molar-refractivity contribution in [3.8, 4) is 5.75 Å². The van der Waals surface area contributed by atoms with Crippen molar-refractivity contribution in [2.45, 2.75) is 20.4 Å². The van der Waals surface area contributed by atoms with Gasteiger partial charge in [0.2, 0.25) is 5.17 Å². The third kappa shape index (κ3) is 4.09. The van der Waals surface area contributed by atoms with Gasteiger partial charge in [-0.2, -0.15) is 15.1 Å². The van der Waals surface area contributed by atoms with Crippen LogP contribution < -0.4 is 4.74 Å². The molecule has 1 N–H and O–H groups in total. The number of amides is 1. The van der Waals surface area contributed by atoms with Crippen LogP contribution in [0, 0.1) is 11.3 Å². The van der Waals surface area contributed by atoms with Crippen molar-refractivity contribution in [3.05, 3.63) is 71.9 Å². The molecule has 2 aromatic carbocycles. The van der Waals surface area contributed by atoms with E-state index in [9.17, 15) is 4.79 Å². The van der Waals surface area contributed by atoms with E-state index in [0.717, 1.165) is 27.3 Å². The Labute approximate surface area is 196 Å². The molecule has 0 aliphatic carbocycles. The molecule has 0 fully saturated rings. The van der Waals surface area contributed by atoms with Gasteiger partial charge in [-0.05, 0) is 36.0 Å². The summed E-state index contributed by atoms with van der Waals surface area (Å²) < 4.78 is 7.97. The van der Waals surface area contributed by atoms with Gasteiger partial charge < -0.3 is 9.30 Å². The molecule has 0 spiro atoms. The average molecular weight is 458 g/mol. The van der Waals surface area contributed by atoms with Crippen molar-refractivity contribution in [2.75, 3.05) is 6.61 Å². The highest BCUT2D eigenvalue weighted by atomic mass is 32.2. The smallest absolute Gasteiger partial charge is 0.283 e. The van der Waals surface area contributed by atoms with Gasteiger partial charge in [0.1, 0.15) is 17.4 Å². The molecule has 8 heteroatoms. The van der Waals surface area contributed by atoms with Crippen LogP contribution in [-0.4, -0.2) is 38.1 Å². The molecule has 0 saturated carbocycles. The highest BCUT2D eigenvalue weighted by Crippen LogP contribution is 2.32. The minimum atomic E-state index is -0.414. The quantitative estimate of drug-likeness (QED) is 0.528. The van der Waals surface area contributed by atoms with E-state index in [1.807, 2.05) is 74.6 Å². The second-order valence-electron chi connectivity index (χ2n) is 8.07. The van der Waals surface area contributed by atoms with E-state index < -0.39 is 5.91 Å². The fraction of sp³-hybridized carbons (Fsp3) is 0.200. The summed E-state index contributed by atoms with van der Waals surface area (Å²) in [6, 6.07) is 17.7. The highest BCUT2D eigenvalue weighted by Gasteiger charge is 2.36. The van der Waals surface area contributed by atoms with E-state index in [4.69, 9.17) is 10.1 Å². The Kier molecular flexibility index (Phi) is 5.60. The molecule has 7 nitrogen and oxygen atoms in total. The number of benzene rings is 2. The average Bonchev–Trinajstić information content (AvgIpc) is 3.40. The van der Waals surface area contributed by atoms with Crippen LogP contribution >= 0.6 is 11.8 Å². The molecular formula is C25H23N5O2S. The van der Waals surface area contributed by atoms with Crippen LogP contribution in [0.4, 0.5) is 0 Å². The van der Waals surface area contributed by atoms with E-state index in [2.05, 4.69) is 14.7 Å². The summed E-state index contributed by atoms with van der Waals surface area (Å²) in [6.45, 7) is 5.22. The van der Waals surface area contributed by atoms with Crippen LogP contribution in [0.1, 0.15) is 19.4 Å². The fourth-order valence-electron chi connectivity index (χ4n) is 3.75. The van der Waals surface area contributed by atoms with Crippen molar-refractivity contribution in [1.29, 1.82) is 5.41 Å². The minimum Gasteiger partial charge on any atom is -0.492 e. The van der Waals surface area contributed by atoms with Gasteiger partial charge in [-0.1, -0.05) is 50.2 Å². The van der Waals surface area contributed by atoms with Crippen molar-refractivity contribution in [1.82, 2.24) is 9.58 Å². The van der Waals surface area contributed by atoms with Gasteiger partial charge in [-0.15, -0.1) is 0 Å². The topological polar surface area (TPSA) is 83.0 Å². The molecule has 0 saturated heterocycles. The number of nitrogens with zero attached hydrogens (tertiary/aromatic N) is 4. The lowest BCUT2D eigenvalue weighted by atomic mass is 10.1. The molecule has 33 heavy (non-hydrogen) atoms. The van der Waals surface area contributed by atoms with E-state index >= 15 is 0 Å². The van der Waals surface area contributed by atoms with Crippen LogP contribution in [0.3, 0.4) is 0 Å². The van der Waals surface area contributed by atoms with Crippen LogP contribution in [-0.2, 0) is 11.3 Å². The van der Waals surface area contributed by atoms with Gasteiger partial charge in [-0.3, -0.25) is 10.2 Å². The van der Waals surface area contributed by atoms with E-state index in [1.54, 1.807) is 6.08 Å². The lowest BCUT2D eigenvalue weighted by Gasteiger charge is -2.20. The predicted octanol–water partition coefficient (Wildman–Crippen LogP) is 5.00. The number of aliphatic imine (C=N–C) groups is 1. The molecule has 0 bridgehead atoms. The number of hydrogen-bond acceptors (Lipinski definition) is 5. The number of nitrogens with one attached hydrogen (secondary N) is 1. The van der Waals surface area contributed by atoms with Crippen LogP contribution in [0.2, 0.25) is 0 Å². The number of hydrazone groups is 1. The summed E-state index contributed by atoms with van der Waals surface area (Å²) in [6.07, 6.45) is 3.74. The molecule has 166 valence electrons. The maximum Gasteiger partial charge on any atom is 0.283 e. The molecule has 3 heterocycles. The Morgan fingerprint density at radius 1 is 1.12 bits per heavy atom. The highest BCUT2D eigenvalue weighted by molar-refractivity contribution is 8.27. The molecule has 1 amide bonds. The minimum absolute atomic E-state index is 0.0531. The number of ether oxygens (including phenoxy) is 1. The maximum atomic E-state index is 12.8. The zero-order valence-electron chi connectivity index (χ0n) is 18.4. The largest absolute Gasteiger partial charge is 0.492 e. The molecule has 5 rings (SSSR count). The van der Waals surface area contributed by atoms with E-state index in [-0.39, 0.29) is 17.3 Å². The third-order valence-corrected chi connectivity index (χ3v) is 6.64. The van der Waals surface area contributed by atoms with Crippen LogP contribution in [0.5, 0.6) is 5.75 Å². The standard InChI is InChI=1S/C25H23N5O2S/c1-16(2)24-28-30-22(26)20(23(31)27-25(30)33-24)14-17-15-29(21-11-7-6-10-19(17)21)12-13-32-18-8-4-3-5-9-18/h3-11,14-16,26H,12-13H2,1-2H3/b20-14+,26-22?. The number of aromatic nitrogens is 1. The van der Waals surface area contributed by atoms with Crippen molar-refractivity contribution >= 4 is 50.7 Å². The summed E-state index contributed by atoms with van der Waals surface area (Å²) >= 11 is 1.35. The lowest BCUT2D eigenvalue weighted by molar-refractivity contribution is -0.114. The molecule has 0 atom stereocenters. The Morgan fingerprint density at radius 3 is 2.67 bits per heavy atom. The molecule has 0 unspecified atom stereocenters. The SMILES string of the molecule is CC(C)C1=NN2C(=N)/C(=C\c3cn(CCOc4ccccc4)c4ccccc34)C(=O)N=C2S1. The first kappa shape index (κ1) is 21.2. The first-order chi connectivity index (χ1) is 16.0. The number of carbonyl (C=O) groups is 1. The number of carbonyl (C=O) groups excluding carboxylic acids is 1. The van der Waals surface area contributed by atoms with Gasteiger partial charge in [0, 0.05) is 28.6 Å². The number of amidine groups is 2. The zero-order valence-corrected chi connectivity index (χ0v) is 19.2. The summed E-state index contributed by atoms with van der Waals surface area (Å²) in [5, 5.41) is 16.9. The Hall–Kier alpha value is -3.65. The summed E-state index contributed by atoms with van der Waals surface area (Å²) in [4.78, 5) is 17.0. The van der Waals surface area contributed by atoms with Gasteiger partial charge in [0.25, 0.3) is 5.91 Å². The summed E-state index contributed by atoms with van der Waals surface area (Å²) in [5.74, 6) is 0.673. The van der Waals surface area contributed by atoms with Gasteiger partial charge in [0.05, 0.1) is 12.1 Å². The molecule has 1 aromatic heterocycles. The van der Waals surface area contributed by atoms with E-state index in [1.165, 1.54) is 16.8 Å². The molecular weight excluding hydrogens is 434 g/mol. The molecule has 2 aliphatic rings. The maximum absolute atomic E-state index is 12.8. The van der Waals surface area contributed by atoms with Crippen molar-refractivity contribution in [3.63, 3.8) is 0 Å². The third-order valence-electron chi connectivity index (χ3n) is 5.43. The first-order valence-corrected chi connectivity index (χ1v) is 11.6. The molecule has 2 aliphatic heterocycles. The van der Waals surface area contributed by atoms with Crippen molar-refractivity contribution in [2.24, 2.45) is 16.0 Å². The monoisotopic (exact) mass is 457 g/mol.